The second kappa shape index (κ2) is 5.58. The predicted octanol–water partition coefficient (Wildman–Crippen LogP) is 2.03. The highest BCUT2D eigenvalue weighted by molar-refractivity contribution is 7.99. The minimum Gasteiger partial charge on any atom is -0.494 e. The molecule has 1 aromatic carbocycles. The van der Waals surface area contributed by atoms with Crippen LogP contribution in [0.5, 0.6) is 5.75 Å². The highest BCUT2D eigenvalue weighted by atomic mass is 32.2. The number of nitrogens with two attached hydrogens (primary N) is 1. The molecule has 108 valence electrons. The highest BCUT2D eigenvalue weighted by Crippen LogP contribution is 2.35. The molecule has 0 aliphatic carbocycles. The van der Waals surface area contributed by atoms with Crippen LogP contribution in [0, 0.1) is 5.82 Å². The Bertz CT molecular complexity index is 681. The second-order valence-electron chi connectivity index (χ2n) is 4.40. The Labute approximate surface area is 119 Å². The van der Waals surface area contributed by atoms with Gasteiger partial charge in [-0.3, -0.25) is 4.57 Å². The largest absolute Gasteiger partial charge is 0.494 e. The van der Waals surface area contributed by atoms with Crippen LogP contribution in [0.1, 0.15) is 19.9 Å². The molecule has 0 saturated heterocycles. The molecule has 2 rings (SSSR count). The lowest BCUT2D eigenvalue weighted by atomic mass is 10.3. The number of aromatic amines is 1. The summed E-state index contributed by atoms with van der Waals surface area (Å²) in [6.07, 6.45) is 0. The molecule has 1 aromatic heterocycles. The number of H-pyrrole nitrogens is 1. The minimum absolute atomic E-state index is 0.0488. The van der Waals surface area contributed by atoms with Crippen LogP contribution in [0.3, 0.4) is 0 Å². The third-order valence-electron chi connectivity index (χ3n) is 2.67. The molecule has 2 aromatic rings. The first-order valence-electron chi connectivity index (χ1n) is 5.91. The van der Waals surface area contributed by atoms with Gasteiger partial charge in [0.15, 0.2) is 16.7 Å². The first-order valence-corrected chi connectivity index (χ1v) is 6.73. The number of aromatic nitrogens is 3. The number of anilines is 1. The average Bonchev–Trinajstić information content (AvgIpc) is 2.74. The molecule has 0 amide bonds. The number of hydrogen-bond donors (Lipinski definition) is 2. The number of halogens is 1. The lowest BCUT2D eigenvalue weighted by Crippen LogP contribution is -2.19. The number of rotatable bonds is 4. The third-order valence-corrected chi connectivity index (χ3v) is 3.72. The van der Waals surface area contributed by atoms with Crippen molar-refractivity contribution in [2.75, 3.05) is 12.8 Å². The molecule has 0 atom stereocenters. The van der Waals surface area contributed by atoms with Crippen molar-refractivity contribution in [2.45, 2.75) is 29.9 Å². The van der Waals surface area contributed by atoms with Crippen LogP contribution in [0.2, 0.25) is 0 Å². The van der Waals surface area contributed by atoms with Crippen molar-refractivity contribution < 1.29 is 9.13 Å². The summed E-state index contributed by atoms with van der Waals surface area (Å²) in [4.78, 5) is 12.2. The fraction of sp³-hybridized carbons (Fsp3) is 0.333. The standard InChI is InChI=1S/C12H15FN4O2S/c1-6(2)17-11(18)15-16-12(17)20-10-5-9(19-3)7(13)4-8(10)14/h4-6H,14H2,1-3H3,(H,15,18). The molecule has 0 fully saturated rings. The van der Waals surface area contributed by atoms with E-state index in [9.17, 15) is 9.18 Å². The summed E-state index contributed by atoms with van der Waals surface area (Å²) in [5.41, 5.74) is 5.75. The molecule has 6 nitrogen and oxygen atoms in total. The van der Waals surface area contributed by atoms with E-state index in [0.717, 1.165) is 0 Å². The van der Waals surface area contributed by atoms with Crippen molar-refractivity contribution >= 4 is 17.4 Å². The zero-order valence-corrected chi connectivity index (χ0v) is 12.1. The Morgan fingerprint density at radius 3 is 2.80 bits per heavy atom. The maximum absolute atomic E-state index is 13.5. The van der Waals surface area contributed by atoms with E-state index in [-0.39, 0.29) is 23.2 Å². The molecule has 8 heteroatoms. The Morgan fingerprint density at radius 2 is 2.20 bits per heavy atom. The van der Waals surface area contributed by atoms with Gasteiger partial charge in [-0.15, -0.1) is 5.10 Å². The van der Waals surface area contributed by atoms with Crippen LogP contribution in [0.15, 0.2) is 27.0 Å². The van der Waals surface area contributed by atoms with Gasteiger partial charge >= 0.3 is 5.69 Å². The topological polar surface area (TPSA) is 85.9 Å². The fourth-order valence-electron chi connectivity index (χ4n) is 1.71. The van der Waals surface area contributed by atoms with Gasteiger partial charge in [-0.1, -0.05) is 0 Å². The van der Waals surface area contributed by atoms with Crippen molar-refractivity contribution in [3.05, 3.63) is 28.4 Å². The molecule has 0 bridgehead atoms. The number of benzene rings is 1. The number of nitrogens with zero attached hydrogens (tertiary/aromatic N) is 2. The molecule has 0 spiro atoms. The van der Waals surface area contributed by atoms with Crippen molar-refractivity contribution in [1.29, 1.82) is 0 Å². The molecule has 3 N–H and O–H groups in total. The van der Waals surface area contributed by atoms with Gasteiger partial charge in [0.1, 0.15) is 0 Å². The average molecular weight is 298 g/mol. The summed E-state index contributed by atoms with van der Waals surface area (Å²) in [7, 11) is 1.38. The van der Waals surface area contributed by atoms with Crippen LogP contribution in [-0.4, -0.2) is 21.9 Å². The smallest absolute Gasteiger partial charge is 0.344 e. The summed E-state index contributed by atoms with van der Waals surface area (Å²) in [6, 6.07) is 2.62. The van der Waals surface area contributed by atoms with E-state index in [1.54, 1.807) is 0 Å². The lowest BCUT2D eigenvalue weighted by molar-refractivity contribution is 0.385. The predicted molar refractivity (Wildman–Crippen MR) is 74.7 cm³/mol. The Morgan fingerprint density at radius 1 is 1.50 bits per heavy atom. The molecule has 1 heterocycles. The molecule has 20 heavy (non-hydrogen) atoms. The number of nitrogen functional groups attached to an aromatic ring is 1. The first kappa shape index (κ1) is 14.4. The van der Waals surface area contributed by atoms with Gasteiger partial charge < -0.3 is 10.5 Å². The van der Waals surface area contributed by atoms with E-state index in [0.29, 0.717) is 10.1 Å². The third kappa shape index (κ3) is 2.64. The fourth-order valence-corrected chi connectivity index (χ4v) is 2.73. The number of methoxy groups -OCH3 is 1. The Balaban J connectivity index is 2.43. The first-order chi connectivity index (χ1) is 9.43. The van der Waals surface area contributed by atoms with Gasteiger partial charge in [-0.25, -0.2) is 14.3 Å². The number of hydrogen-bond acceptors (Lipinski definition) is 5. The monoisotopic (exact) mass is 298 g/mol. The van der Waals surface area contributed by atoms with Crippen molar-refractivity contribution in [1.82, 2.24) is 14.8 Å². The van der Waals surface area contributed by atoms with Gasteiger partial charge in [0.05, 0.1) is 7.11 Å². The van der Waals surface area contributed by atoms with E-state index in [4.69, 9.17) is 10.5 Å². The lowest BCUT2D eigenvalue weighted by Gasteiger charge is -2.11. The van der Waals surface area contributed by atoms with Crippen LogP contribution in [0.4, 0.5) is 10.1 Å². The van der Waals surface area contributed by atoms with E-state index in [2.05, 4.69) is 10.2 Å². The van der Waals surface area contributed by atoms with Gasteiger partial charge in [0.25, 0.3) is 0 Å². The minimum atomic E-state index is -0.530. The van der Waals surface area contributed by atoms with Crippen molar-refractivity contribution in [2.24, 2.45) is 0 Å². The van der Waals surface area contributed by atoms with E-state index >= 15 is 0 Å². The number of ether oxygens (including phenoxy) is 1. The van der Waals surface area contributed by atoms with Crippen LogP contribution >= 0.6 is 11.8 Å². The SMILES string of the molecule is COc1cc(Sc2n[nH]c(=O)n2C(C)C)c(N)cc1F. The molecular formula is C12H15FN4O2S. The van der Waals surface area contributed by atoms with Gasteiger partial charge in [0, 0.05) is 22.7 Å². The Kier molecular flexibility index (Phi) is 4.03. The molecule has 0 saturated carbocycles. The highest BCUT2D eigenvalue weighted by Gasteiger charge is 2.16. The normalized spacial score (nSPS) is 11.1. The zero-order valence-electron chi connectivity index (χ0n) is 11.3. The van der Waals surface area contributed by atoms with E-state index < -0.39 is 5.82 Å². The molecule has 0 radical (unpaired) electrons. The number of nitrogens with one attached hydrogen (secondary N) is 1. The summed E-state index contributed by atoms with van der Waals surface area (Å²) in [6.45, 7) is 3.74. The summed E-state index contributed by atoms with van der Waals surface area (Å²) in [5, 5.41) is 6.80. The Hall–Kier alpha value is -1.96. The van der Waals surface area contributed by atoms with E-state index in [1.807, 2.05) is 13.8 Å². The van der Waals surface area contributed by atoms with Gasteiger partial charge in [-0.2, -0.15) is 0 Å². The van der Waals surface area contributed by atoms with Crippen LogP contribution in [0.25, 0.3) is 0 Å². The molecule has 0 aliphatic heterocycles. The summed E-state index contributed by atoms with van der Waals surface area (Å²) < 4.78 is 19.9. The molecule has 0 unspecified atom stereocenters. The molecular weight excluding hydrogens is 283 g/mol. The quantitative estimate of drug-likeness (QED) is 0.844. The second-order valence-corrected chi connectivity index (χ2v) is 5.41. The van der Waals surface area contributed by atoms with Crippen molar-refractivity contribution in [3.63, 3.8) is 0 Å². The van der Waals surface area contributed by atoms with Gasteiger partial charge in [-0.05, 0) is 31.7 Å². The molecule has 0 aliphatic rings. The zero-order chi connectivity index (χ0) is 14.9. The summed E-state index contributed by atoms with van der Waals surface area (Å²) in [5.74, 6) is -0.437. The maximum atomic E-state index is 13.5. The summed E-state index contributed by atoms with van der Waals surface area (Å²) >= 11 is 1.18. The van der Waals surface area contributed by atoms with Crippen LogP contribution < -0.4 is 16.2 Å². The maximum Gasteiger partial charge on any atom is 0.344 e. The van der Waals surface area contributed by atoms with Crippen LogP contribution in [-0.2, 0) is 0 Å². The van der Waals surface area contributed by atoms with E-state index in [1.165, 1.54) is 35.6 Å². The van der Waals surface area contributed by atoms with Crippen molar-refractivity contribution in [3.8, 4) is 5.75 Å². The van der Waals surface area contributed by atoms with Gasteiger partial charge in [0.2, 0.25) is 0 Å².